The van der Waals surface area contributed by atoms with E-state index in [-0.39, 0.29) is 22.2 Å². The molecule has 1 aliphatic rings. The third-order valence-corrected chi connectivity index (χ3v) is 7.55. The molecule has 36 heavy (non-hydrogen) atoms. The van der Waals surface area contributed by atoms with Crippen molar-refractivity contribution >= 4 is 33.5 Å². The standard InChI is InChI=1S/C27H25NO7S/c1-33-24-16-19(12-13-26(30)35-18-23(29)21-9-4-3-5-10-21)17-25(27(24)34-2)36(31,32)28-15-14-20-8-6-7-11-22(20)28/h3-13,16-17H,14-15,18H2,1-2H3/b13-12+. The second-order valence-electron chi connectivity index (χ2n) is 7.94. The summed E-state index contributed by atoms with van der Waals surface area (Å²) in [5, 5.41) is 0. The Hall–Kier alpha value is -4.11. The number of methoxy groups -OCH3 is 2. The normalized spacial score (nSPS) is 12.9. The van der Waals surface area contributed by atoms with Crippen molar-refractivity contribution in [3.05, 3.63) is 89.5 Å². The number of Topliss-reactive ketones (excluding diaryl/α,β-unsaturated/α-hetero) is 1. The molecule has 3 aromatic rings. The molecule has 9 heteroatoms. The van der Waals surface area contributed by atoms with E-state index < -0.39 is 22.6 Å². The average Bonchev–Trinajstić information content (AvgIpc) is 3.35. The number of hydrogen-bond donors (Lipinski definition) is 0. The minimum atomic E-state index is -4.01. The molecular formula is C27H25NO7S. The van der Waals surface area contributed by atoms with Gasteiger partial charge in [0.1, 0.15) is 4.90 Å². The first kappa shape index (κ1) is 25.0. The number of sulfonamides is 1. The van der Waals surface area contributed by atoms with E-state index in [1.54, 1.807) is 48.5 Å². The van der Waals surface area contributed by atoms with Crippen molar-refractivity contribution in [1.82, 2.24) is 0 Å². The first-order valence-corrected chi connectivity index (χ1v) is 12.6. The molecule has 0 unspecified atom stereocenters. The fraction of sp³-hybridized carbons (Fsp3) is 0.185. The molecular weight excluding hydrogens is 482 g/mol. The molecule has 0 aromatic heterocycles. The van der Waals surface area contributed by atoms with Crippen LogP contribution in [0.2, 0.25) is 0 Å². The third kappa shape index (κ3) is 5.11. The lowest BCUT2D eigenvalue weighted by atomic mass is 10.1. The zero-order chi connectivity index (χ0) is 25.7. The van der Waals surface area contributed by atoms with Gasteiger partial charge in [-0.1, -0.05) is 48.5 Å². The summed E-state index contributed by atoms with van der Waals surface area (Å²) >= 11 is 0. The number of rotatable bonds is 9. The summed E-state index contributed by atoms with van der Waals surface area (Å²) in [5.74, 6) is -0.817. The first-order valence-electron chi connectivity index (χ1n) is 11.1. The Balaban J connectivity index is 1.58. The molecule has 0 N–H and O–H groups in total. The van der Waals surface area contributed by atoms with Gasteiger partial charge in [0.15, 0.2) is 23.9 Å². The Labute approximate surface area is 209 Å². The highest BCUT2D eigenvalue weighted by Crippen LogP contribution is 2.40. The Morgan fingerprint density at radius 3 is 2.42 bits per heavy atom. The Morgan fingerprint density at radius 2 is 1.69 bits per heavy atom. The number of esters is 1. The maximum Gasteiger partial charge on any atom is 0.331 e. The van der Waals surface area contributed by atoms with Gasteiger partial charge in [0, 0.05) is 18.2 Å². The number of fused-ring (bicyclic) bond motifs is 1. The topological polar surface area (TPSA) is 99.2 Å². The van der Waals surface area contributed by atoms with Crippen LogP contribution in [0.3, 0.4) is 0 Å². The highest BCUT2D eigenvalue weighted by Gasteiger charge is 2.34. The van der Waals surface area contributed by atoms with Gasteiger partial charge >= 0.3 is 5.97 Å². The SMILES string of the molecule is COc1cc(/C=C/C(=O)OCC(=O)c2ccccc2)cc(S(=O)(=O)N2CCc3ccccc32)c1OC. The molecule has 0 amide bonds. The number of para-hydroxylation sites is 1. The van der Waals surface area contributed by atoms with Gasteiger partial charge in [-0.3, -0.25) is 9.10 Å². The van der Waals surface area contributed by atoms with Crippen LogP contribution < -0.4 is 13.8 Å². The van der Waals surface area contributed by atoms with Crippen LogP contribution >= 0.6 is 0 Å². The van der Waals surface area contributed by atoms with Crippen LogP contribution in [0.4, 0.5) is 5.69 Å². The number of ether oxygens (including phenoxy) is 3. The van der Waals surface area contributed by atoms with Crippen LogP contribution in [0.15, 0.2) is 77.7 Å². The Bertz CT molecular complexity index is 1420. The summed E-state index contributed by atoms with van der Waals surface area (Å²) < 4.78 is 44.5. The molecule has 8 nitrogen and oxygen atoms in total. The van der Waals surface area contributed by atoms with Crippen LogP contribution in [0, 0.1) is 0 Å². The van der Waals surface area contributed by atoms with E-state index in [2.05, 4.69) is 0 Å². The lowest BCUT2D eigenvalue weighted by Crippen LogP contribution is -2.29. The van der Waals surface area contributed by atoms with Gasteiger partial charge in [-0.05, 0) is 41.8 Å². The minimum absolute atomic E-state index is 0.0649. The summed E-state index contributed by atoms with van der Waals surface area (Å²) in [6, 6.07) is 18.8. The molecule has 4 rings (SSSR count). The highest BCUT2D eigenvalue weighted by atomic mass is 32.2. The Kier molecular flexibility index (Phi) is 7.40. The first-order chi connectivity index (χ1) is 17.3. The molecule has 0 spiro atoms. The second kappa shape index (κ2) is 10.7. The van der Waals surface area contributed by atoms with Crippen molar-refractivity contribution in [2.24, 2.45) is 0 Å². The lowest BCUT2D eigenvalue weighted by Gasteiger charge is -2.22. The molecule has 1 aliphatic heterocycles. The number of hydrogen-bond acceptors (Lipinski definition) is 7. The van der Waals surface area contributed by atoms with E-state index in [9.17, 15) is 18.0 Å². The van der Waals surface area contributed by atoms with Crippen LogP contribution in [-0.2, 0) is 26.0 Å². The summed E-state index contributed by atoms with van der Waals surface area (Å²) in [4.78, 5) is 24.3. The predicted octanol–water partition coefficient (Wildman–Crippen LogP) is 3.89. The van der Waals surface area contributed by atoms with Crippen molar-refractivity contribution in [1.29, 1.82) is 0 Å². The number of carbonyl (C=O) groups excluding carboxylic acids is 2. The smallest absolute Gasteiger partial charge is 0.331 e. The number of anilines is 1. The summed E-state index contributed by atoms with van der Waals surface area (Å²) in [6.45, 7) is -0.109. The average molecular weight is 508 g/mol. The van der Waals surface area contributed by atoms with E-state index in [0.29, 0.717) is 29.8 Å². The summed E-state index contributed by atoms with van der Waals surface area (Å²) in [6.07, 6.45) is 3.12. The van der Waals surface area contributed by atoms with Gasteiger partial charge in [0.05, 0.1) is 19.9 Å². The largest absolute Gasteiger partial charge is 0.493 e. The lowest BCUT2D eigenvalue weighted by molar-refractivity contribution is -0.136. The van der Waals surface area contributed by atoms with Gasteiger partial charge in [-0.15, -0.1) is 0 Å². The molecule has 0 saturated heterocycles. The van der Waals surface area contributed by atoms with Gasteiger partial charge in [-0.25, -0.2) is 13.2 Å². The van der Waals surface area contributed by atoms with Crippen LogP contribution in [0.5, 0.6) is 11.5 Å². The molecule has 0 aliphatic carbocycles. The predicted molar refractivity (Wildman–Crippen MR) is 135 cm³/mol. The molecule has 0 radical (unpaired) electrons. The van der Waals surface area contributed by atoms with Crippen molar-refractivity contribution in [2.75, 3.05) is 31.7 Å². The van der Waals surface area contributed by atoms with Gasteiger partial charge in [-0.2, -0.15) is 0 Å². The quantitative estimate of drug-likeness (QED) is 0.246. The highest BCUT2D eigenvalue weighted by molar-refractivity contribution is 7.93. The minimum Gasteiger partial charge on any atom is -0.493 e. The van der Waals surface area contributed by atoms with E-state index in [1.165, 1.54) is 30.7 Å². The van der Waals surface area contributed by atoms with Crippen molar-refractivity contribution in [3.8, 4) is 11.5 Å². The van der Waals surface area contributed by atoms with E-state index in [0.717, 1.165) is 11.6 Å². The number of carbonyl (C=O) groups is 2. The van der Waals surface area contributed by atoms with Gasteiger partial charge in [0.25, 0.3) is 10.0 Å². The second-order valence-corrected chi connectivity index (χ2v) is 9.77. The van der Waals surface area contributed by atoms with E-state index in [1.807, 2.05) is 12.1 Å². The summed E-state index contributed by atoms with van der Waals surface area (Å²) in [5.41, 5.74) is 2.37. The van der Waals surface area contributed by atoms with Crippen LogP contribution in [0.25, 0.3) is 6.08 Å². The molecule has 3 aromatic carbocycles. The van der Waals surface area contributed by atoms with Crippen molar-refractivity contribution < 1.29 is 32.2 Å². The molecule has 0 bridgehead atoms. The van der Waals surface area contributed by atoms with Crippen LogP contribution in [0.1, 0.15) is 21.5 Å². The maximum atomic E-state index is 13.7. The fourth-order valence-electron chi connectivity index (χ4n) is 3.97. The monoisotopic (exact) mass is 507 g/mol. The maximum absolute atomic E-state index is 13.7. The number of ketones is 1. The molecule has 1 heterocycles. The van der Waals surface area contributed by atoms with Gasteiger partial charge in [0.2, 0.25) is 0 Å². The van der Waals surface area contributed by atoms with Gasteiger partial charge < -0.3 is 14.2 Å². The molecule has 0 fully saturated rings. The zero-order valence-electron chi connectivity index (χ0n) is 19.8. The van der Waals surface area contributed by atoms with E-state index in [4.69, 9.17) is 14.2 Å². The zero-order valence-corrected chi connectivity index (χ0v) is 20.7. The molecule has 186 valence electrons. The molecule has 0 atom stereocenters. The van der Waals surface area contributed by atoms with E-state index >= 15 is 0 Å². The van der Waals surface area contributed by atoms with Crippen molar-refractivity contribution in [2.45, 2.75) is 11.3 Å². The van der Waals surface area contributed by atoms with Crippen molar-refractivity contribution in [3.63, 3.8) is 0 Å². The Morgan fingerprint density at radius 1 is 0.972 bits per heavy atom. The third-order valence-electron chi connectivity index (χ3n) is 5.73. The summed E-state index contributed by atoms with van der Waals surface area (Å²) in [7, 11) is -1.24. The number of nitrogens with zero attached hydrogens (tertiary/aromatic N) is 1. The number of benzene rings is 3. The molecule has 0 saturated carbocycles. The van der Waals surface area contributed by atoms with Crippen LogP contribution in [-0.4, -0.2) is 47.5 Å². The fourth-order valence-corrected chi connectivity index (χ4v) is 5.68.